The van der Waals surface area contributed by atoms with Crippen molar-refractivity contribution in [3.05, 3.63) is 12.7 Å². The molecule has 1 aliphatic carbocycles. The Morgan fingerprint density at radius 1 is 1.43 bits per heavy atom. The molecule has 1 rings (SSSR count). The highest BCUT2D eigenvalue weighted by Gasteiger charge is 2.22. The first-order valence-electron chi connectivity index (χ1n) is 6.08. The van der Waals surface area contributed by atoms with Gasteiger partial charge in [-0.15, -0.1) is 6.58 Å². The predicted molar refractivity (Wildman–Crippen MR) is 61.2 cm³/mol. The predicted octanol–water partition coefficient (Wildman–Crippen LogP) is 3.53. The third kappa shape index (κ3) is 3.45. The van der Waals surface area contributed by atoms with Gasteiger partial charge in [-0.3, -0.25) is 0 Å². The van der Waals surface area contributed by atoms with Crippen molar-refractivity contribution in [2.24, 2.45) is 11.8 Å². The van der Waals surface area contributed by atoms with Crippen LogP contribution in [0.4, 0.5) is 0 Å². The van der Waals surface area contributed by atoms with Gasteiger partial charge >= 0.3 is 0 Å². The van der Waals surface area contributed by atoms with Crippen molar-refractivity contribution in [2.75, 3.05) is 0 Å². The van der Waals surface area contributed by atoms with E-state index in [1.807, 2.05) is 0 Å². The average Bonchev–Trinajstić information content (AvgIpc) is 2.22. The molecule has 0 aromatic heterocycles. The van der Waals surface area contributed by atoms with Crippen molar-refractivity contribution < 1.29 is 5.11 Å². The van der Waals surface area contributed by atoms with Crippen LogP contribution in [0, 0.1) is 11.8 Å². The molecule has 1 saturated carbocycles. The molecule has 0 amide bonds. The van der Waals surface area contributed by atoms with Gasteiger partial charge in [0.25, 0.3) is 0 Å². The first kappa shape index (κ1) is 11.8. The van der Waals surface area contributed by atoms with Crippen LogP contribution in [0.25, 0.3) is 0 Å². The van der Waals surface area contributed by atoms with Crippen LogP contribution in [0.5, 0.6) is 0 Å². The fraction of sp³-hybridized carbons (Fsp3) is 0.846. The second-order valence-electron chi connectivity index (χ2n) is 4.59. The lowest BCUT2D eigenvalue weighted by molar-refractivity contribution is 0.0626. The molecular weight excluding hydrogens is 172 g/mol. The molecule has 1 nitrogen and oxygen atoms in total. The second kappa shape index (κ2) is 6.23. The molecule has 82 valence electrons. The van der Waals surface area contributed by atoms with E-state index in [4.69, 9.17) is 0 Å². The Kier molecular flexibility index (Phi) is 5.24. The lowest BCUT2D eigenvalue weighted by atomic mass is 9.81. The normalized spacial score (nSPS) is 29.9. The van der Waals surface area contributed by atoms with E-state index >= 15 is 0 Å². The van der Waals surface area contributed by atoms with Gasteiger partial charge in [0.1, 0.15) is 0 Å². The molecule has 1 fully saturated rings. The number of allylic oxidation sites excluding steroid dienone is 1. The highest BCUT2D eigenvalue weighted by atomic mass is 16.3. The zero-order valence-electron chi connectivity index (χ0n) is 9.41. The van der Waals surface area contributed by atoms with Gasteiger partial charge < -0.3 is 5.11 Å². The Labute approximate surface area is 88.2 Å². The SMILES string of the molecule is C=CC(CC)CCC1CCCC[C@@H]1O. The molecule has 0 radical (unpaired) electrons. The minimum atomic E-state index is -0.0222. The maximum absolute atomic E-state index is 9.80. The van der Waals surface area contributed by atoms with Gasteiger partial charge in [0.05, 0.1) is 6.10 Å². The first-order chi connectivity index (χ1) is 6.77. The van der Waals surface area contributed by atoms with Crippen LogP contribution in [0.15, 0.2) is 12.7 Å². The molecule has 1 N–H and O–H groups in total. The van der Waals surface area contributed by atoms with E-state index in [0.29, 0.717) is 11.8 Å². The van der Waals surface area contributed by atoms with Crippen molar-refractivity contribution in [1.29, 1.82) is 0 Å². The summed E-state index contributed by atoms with van der Waals surface area (Å²) >= 11 is 0. The molecule has 0 saturated heterocycles. The summed E-state index contributed by atoms with van der Waals surface area (Å²) in [5, 5.41) is 9.80. The first-order valence-corrected chi connectivity index (χ1v) is 6.08. The topological polar surface area (TPSA) is 20.2 Å². The summed E-state index contributed by atoms with van der Waals surface area (Å²) in [6.07, 6.45) is 10.4. The van der Waals surface area contributed by atoms with E-state index in [-0.39, 0.29) is 6.10 Å². The van der Waals surface area contributed by atoms with Gasteiger partial charge in [0, 0.05) is 0 Å². The van der Waals surface area contributed by atoms with Crippen molar-refractivity contribution >= 4 is 0 Å². The maximum atomic E-state index is 9.80. The van der Waals surface area contributed by atoms with E-state index < -0.39 is 0 Å². The Balaban J connectivity index is 2.24. The molecule has 1 heteroatoms. The monoisotopic (exact) mass is 196 g/mol. The summed E-state index contributed by atoms with van der Waals surface area (Å²) in [4.78, 5) is 0. The molecule has 14 heavy (non-hydrogen) atoms. The number of hydrogen-bond donors (Lipinski definition) is 1. The summed E-state index contributed by atoms with van der Waals surface area (Å²) < 4.78 is 0. The second-order valence-corrected chi connectivity index (χ2v) is 4.59. The van der Waals surface area contributed by atoms with Gasteiger partial charge in [-0.1, -0.05) is 25.8 Å². The van der Waals surface area contributed by atoms with Gasteiger partial charge in [-0.05, 0) is 43.9 Å². The van der Waals surface area contributed by atoms with Crippen LogP contribution in [-0.2, 0) is 0 Å². The van der Waals surface area contributed by atoms with E-state index in [2.05, 4.69) is 19.6 Å². The number of rotatable bonds is 5. The third-order valence-electron chi connectivity index (χ3n) is 3.63. The standard InChI is InChI=1S/C13H24O/c1-3-11(4-2)9-10-12-7-5-6-8-13(12)14/h3,11-14H,1,4-10H2,2H3/t11?,12?,13-/m0/s1. The molecule has 0 aromatic carbocycles. The van der Waals surface area contributed by atoms with Crippen LogP contribution in [0.3, 0.4) is 0 Å². The minimum Gasteiger partial charge on any atom is -0.393 e. The molecule has 0 aliphatic heterocycles. The molecule has 0 aromatic rings. The molecule has 0 bridgehead atoms. The largest absolute Gasteiger partial charge is 0.393 e. The van der Waals surface area contributed by atoms with Crippen molar-refractivity contribution in [2.45, 2.75) is 58.0 Å². The summed E-state index contributed by atoms with van der Waals surface area (Å²) in [6.45, 7) is 6.06. The van der Waals surface area contributed by atoms with Crippen LogP contribution < -0.4 is 0 Å². The van der Waals surface area contributed by atoms with Gasteiger partial charge in [-0.25, -0.2) is 0 Å². The molecule has 1 aliphatic rings. The third-order valence-corrected chi connectivity index (χ3v) is 3.63. The van der Waals surface area contributed by atoms with E-state index in [1.54, 1.807) is 0 Å². The average molecular weight is 196 g/mol. The fourth-order valence-electron chi connectivity index (χ4n) is 2.44. The van der Waals surface area contributed by atoms with Crippen LogP contribution in [0.1, 0.15) is 51.9 Å². The summed E-state index contributed by atoms with van der Waals surface area (Å²) in [7, 11) is 0. The molecule has 2 unspecified atom stereocenters. The number of aliphatic hydroxyl groups excluding tert-OH is 1. The van der Waals surface area contributed by atoms with Crippen LogP contribution in [0.2, 0.25) is 0 Å². The van der Waals surface area contributed by atoms with Crippen molar-refractivity contribution in [3.63, 3.8) is 0 Å². The zero-order valence-corrected chi connectivity index (χ0v) is 9.41. The Morgan fingerprint density at radius 2 is 2.14 bits per heavy atom. The van der Waals surface area contributed by atoms with Gasteiger partial charge in [-0.2, -0.15) is 0 Å². The summed E-state index contributed by atoms with van der Waals surface area (Å²) in [6, 6.07) is 0. The molecular formula is C13H24O. The molecule has 0 spiro atoms. The Morgan fingerprint density at radius 3 is 2.71 bits per heavy atom. The van der Waals surface area contributed by atoms with Crippen molar-refractivity contribution in [3.8, 4) is 0 Å². The number of hydrogen-bond acceptors (Lipinski definition) is 1. The maximum Gasteiger partial charge on any atom is 0.0568 e. The fourth-order valence-corrected chi connectivity index (χ4v) is 2.44. The zero-order chi connectivity index (χ0) is 10.4. The minimum absolute atomic E-state index is 0.0222. The molecule has 0 heterocycles. The quantitative estimate of drug-likeness (QED) is 0.667. The highest BCUT2D eigenvalue weighted by Crippen LogP contribution is 2.29. The lowest BCUT2D eigenvalue weighted by Crippen LogP contribution is -2.24. The Bertz CT molecular complexity index is 165. The van der Waals surface area contributed by atoms with Crippen LogP contribution in [-0.4, -0.2) is 11.2 Å². The summed E-state index contributed by atoms with van der Waals surface area (Å²) in [5.74, 6) is 1.22. The number of aliphatic hydroxyl groups is 1. The van der Waals surface area contributed by atoms with E-state index in [1.165, 1.54) is 38.5 Å². The van der Waals surface area contributed by atoms with E-state index in [9.17, 15) is 5.11 Å². The van der Waals surface area contributed by atoms with Crippen LogP contribution >= 0.6 is 0 Å². The Hall–Kier alpha value is -0.300. The van der Waals surface area contributed by atoms with Gasteiger partial charge in [0.2, 0.25) is 0 Å². The van der Waals surface area contributed by atoms with Gasteiger partial charge in [0.15, 0.2) is 0 Å². The smallest absolute Gasteiger partial charge is 0.0568 e. The summed E-state index contributed by atoms with van der Waals surface area (Å²) in [5.41, 5.74) is 0. The highest BCUT2D eigenvalue weighted by molar-refractivity contribution is 4.81. The van der Waals surface area contributed by atoms with Crippen molar-refractivity contribution in [1.82, 2.24) is 0 Å². The molecule has 3 atom stereocenters. The lowest BCUT2D eigenvalue weighted by Gasteiger charge is -2.28. The van der Waals surface area contributed by atoms with E-state index in [0.717, 1.165) is 6.42 Å².